The molecule has 5 nitrogen and oxygen atoms in total. The van der Waals surface area contributed by atoms with Gasteiger partial charge in [0.15, 0.2) is 0 Å². The van der Waals surface area contributed by atoms with Crippen LogP contribution in [0.5, 0.6) is 0 Å². The van der Waals surface area contributed by atoms with Crippen LogP contribution in [0.15, 0.2) is 18.2 Å². The van der Waals surface area contributed by atoms with Crippen LogP contribution in [0.4, 0.5) is 11.4 Å². The van der Waals surface area contributed by atoms with Crippen molar-refractivity contribution in [3.63, 3.8) is 0 Å². The van der Waals surface area contributed by atoms with Gasteiger partial charge in [-0.1, -0.05) is 0 Å². The molecule has 15 heavy (non-hydrogen) atoms. The van der Waals surface area contributed by atoms with Crippen LogP contribution in [-0.2, 0) is 0 Å². The van der Waals surface area contributed by atoms with Crippen LogP contribution in [-0.4, -0.2) is 24.1 Å². The number of aryl methyl sites for hydroxylation is 1. The Kier molecular flexibility index (Phi) is 2.55. The second-order valence-electron chi connectivity index (χ2n) is 3.76. The molecule has 0 unspecified atom stereocenters. The third-order valence-corrected chi connectivity index (χ3v) is 2.55. The molecular weight excluding hydrogens is 194 g/mol. The van der Waals surface area contributed by atoms with Crippen LogP contribution in [0.2, 0.25) is 0 Å². The highest BCUT2D eigenvalue weighted by atomic mass is 16.6. The molecule has 1 aromatic carbocycles. The molecule has 1 aliphatic heterocycles. The topological polar surface area (TPSA) is 67.2 Å². The number of nitro groups is 1. The Bertz CT molecular complexity index is 388. The lowest BCUT2D eigenvalue weighted by Gasteiger charge is -2.29. The monoisotopic (exact) mass is 207 g/mol. The Morgan fingerprint density at radius 3 is 2.73 bits per heavy atom. The molecule has 0 spiro atoms. The van der Waals surface area contributed by atoms with Crippen molar-refractivity contribution in [2.75, 3.05) is 18.4 Å². The van der Waals surface area contributed by atoms with Crippen molar-refractivity contribution in [2.24, 2.45) is 0 Å². The van der Waals surface area contributed by atoms with E-state index in [-0.39, 0.29) is 10.6 Å². The van der Waals surface area contributed by atoms with Crippen molar-refractivity contribution in [2.45, 2.75) is 13.0 Å². The summed E-state index contributed by atoms with van der Waals surface area (Å²) in [5, 5.41) is 17.1. The standard InChI is InChI=1S/C10H13N3O2/c1-7-4-8(12-9-5-11-6-9)2-3-10(7)13(14)15/h2-4,9,11-12H,5-6H2,1H3. The summed E-state index contributed by atoms with van der Waals surface area (Å²) in [6.07, 6.45) is 0. The highest BCUT2D eigenvalue weighted by molar-refractivity contribution is 5.54. The van der Waals surface area contributed by atoms with Crippen LogP contribution < -0.4 is 10.6 Å². The summed E-state index contributed by atoms with van der Waals surface area (Å²) in [6.45, 7) is 3.66. The maximum Gasteiger partial charge on any atom is 0.272 e. The quantitative estimate of drug-likeness (QED) is 0.579. The number of hydrogen-bond donors (Lipinski definition) is 2. The molecule has 1 aliphatic rings. The Labute approximate surface area is 87.6 Å². The fourth-order valence-corrected chi connectivity index (χ4v) is 1.58. The molecule has 0 aliphatic carbocycles. The van der Waals surface area contributed by atoms with Crippen LogP contribution in [0.3, 0.4) is 0 Å². The van der Waals surface area contributed by atoms with Gasteiger partial charge in [0.25, 0.3) is 5.69 Å². The Morgan fingerprint density at radius 1 is 1.53 bits per heavy atom. The van der Waals surface area contributed by atoms with E-state index in [9.17, 15) is 10.1 Å². The maximum absolute atomic E-state index is 10.6. The zero-order valence-electron chi connectivity index (χ0n) is 8.49. The zero-order valence-corrected chi connectivity index (χ0v) is 8.49. The molecule has 1 saturated heterocycles. The summed E-state index contributed by atoms with van der Waals surface area (Å²) >= 11 is 0. The summed E-state index contributed by atoms with van der Waals surface area (Å²) in [7, 11) is 0. The SMILES string of the molecule is Cc1cc(NC2CNC2)ccc1[N+](=O)[O-]. The van der Waals surface area contributed by atoms with Crippen LogP contribution in [0.25, 0.3) is 0 Å². The number of nitrogens with one attached hydrogen (secondary N) is 2. The van der Waals surface area contributed by atoms with Crippen LogP contribution >= 0.6 is 0 Å². The normalized spacial score (nSPS) is 15.8. The van der Waals surface area contributed by atoms with Gasteiger partial charge in [0.2, 0.25) is 0 Å². The minimum Gasteiger partial charge on any atom is -0.380 e. The average molecular weight is 207 g/mol. The first-order valence-electron chi connectivity index (χ1n) is 4.89. The predicted octanol–water partition coefficient (Wildman–Crippen LogP) is 1.29. The zero-order chi connectivity index (χ0) is 10.8. The lowest BCUT2D eigenvalue weighted by atomic mass is 10.1. The lowest BCUT2D eigenvalue weighted by Crippen LogP contribution is -2.51. The number of nitrogens with zero attached hydrogens (tertiary/aromatic N) is 1. The summed E-state index contributed by atoms with van der Waals surface area (Å²) in [6, 6.07) is 5.56. The van der Waals surface area contributed by atoms with Gasteiger partial charge in [-0.05, 0) is 19.1 Å². The van der Waals surface area contributed by atoms with E-state index in [4.69, 9.17) is 0 Å². The van der Waals surface area contributed by atoms with E-state index in [0.717, 1.165) is 18.8 Å². The van der Waals surface area contributed by atoms with Gasteiger partial charge in [0.1, 0.15) is 0 Å². The molecule has 0 atom stereocenters. The van der Waals surface area contributed by atoms with Gasteiger partial charge in [-0.2, -0.15) is 0 Å². The maximum atomic E-state index is 10.6. The molecule has 0 radical (unpaired) electrons. The molecule has 1 aromatic rings. The van der Waals surface area contributed by atoms with Gasteiger partial charge in [0.05, 0.1) is 11.0 Å². The predicted molar refractivity (Wildman–Crippen MR) is 58.1 cm³/mol. The first-order chi connectivity index (χ1) is 7.16. The molecule has 1 fully saturated rings. The van der Waals surface area contributed by atoms with Crippen molar-refractivity contribution in [1.82, 2.24) is 5.32 Å². The van der Waals surface area contributed by atoms with Crippen molar-refractivity contribution >= 4 is 11.4 Å². The second kappa shape index (κ2) is 3.86. The fourth-order valence-electron chi connectivity index (χ4n) is 1.58. The minimum absolute atomic E-state index is 0.173. The van der Waals surface area contributed by atoms with E-state index in [2.05, 4.69) is 10.6 Å². The molecule has 5 heteroatoms. The third kappa shape index (κ3) is 2.07. The highest BCUT2D eigenvalue weighted by Crippen LogP contribution is 2.22. The fraction of sp³-hybridized carbons (Fsp3) is 0.400. The summed E-state index contributed by atoms with van der Waals surface area (Å²) in [5.74, 6) is 0. The number of benzene rings is 1. The molecule has 0 amide bonds. The first-order valence-corrected chi connectivity index (χ1v) is 4.89. The summed E-state index contributed by atoms with van der Waals surface area (Å²) in [4.78, 5) is 10.2. The largest absolute Gasteiger partial charge is 0.380 e. The van der Waals surface area contributed by atoms with Crippen molar-refractivity contribution in [1.29, 1.82) is 0 Å². The number of rotatable bonds is 3. The smallest absolute Gasteiger partial charge is 0.272 e. The van der Waals surface area contributed by atoms with E-state index in [1.54, 1.807) is 19.1 Å². The number of hydrogen-bond acceptors (Lipinski definition) is 4. The van der Waals surface area contributed by atoms with E-state index >= 15 is 0 Å². The van der Waals surface area contributed by atoms with Crippen molar-refractivity contribution in [3.8, 4) is 0 Å². The number of nitro benzene ring substituents is 1. The average Bonchev–Trinajstić information content (AvgIpc) is 2.11. The van der Waals surface area contributed by atoms with Crippen molar-refractivity contribution < 1.29 is 4.92 Å². The van der Waals surface area contributed by atoms with Gasteiger partial charge in [-0.15, -0.1) is 0 Å². The molecule has 0 aromatic heterocycles. The molecule has 2 rings (SSSR count). The van der Waals surface area contributed by atoms with Crippen LogP contribution in [0.1, 0.15) is 5.56 Å². The Morgan fingerprint density at radius 2 is 2.27 bits per heavy atom. The lowest BCUT2D eigenvalue weighted by molar-refractivity contribution is -0.385. The molecule has 0 bridgehead atoms. The van der Waals surface area contributed by atoms with Gasteiger partial charge in [-0.3, -0.25) is 10.1 Å². The summed E-state index contributed by atoms with van der Waals surface area (Å²) in [5.41, 5.74) is 1.81. The second-order valence-corrected chi connectivity index (χ2v) is 3.76. The minimum atomic E-state index is -0.357. The summed E-state index contributed by atoms with van der Waals surface area (Å²) < 4.78 is 0. The Hall–Kier alpha value is -1.62. The molecule has 1 heterocycles. The van der Waals surface area contributed by atoms with Crippen molar-refractivity contribution in [3.05, 3.63) is 33.9 Å². The Balaban J connectivity index is 2.13. The van der Waals surface area contributed by atoms with E-state index in [0.29, 0.717) is 11.6 Å². The molecular formula is C10H13N3O2. The number of anilines is 1. The van der Waals surface area contributed by atoms with Gasteiger partial charge in [-0.25, -0.2) is 0 Å². The first kappa shape index (κ1) is 9.92. The molecule has 0 saturated carbocycles. The molecule has 80 valence electrons. The third-order valence-electron chi connectivity index (χ3n) is 2.55. The highest BCUT2D eigenvalue weighted by Gasteiger charge is 2.17. The van der Waals surface area contributed by atoms with E-state index in [1.807, 2.05) is 6.07 Å². The van der Waals surface area contributed by atoms with Gasteiger partial charge >= 0.3 is 0 Å². The van der Waals surface area contributed by atoms with Crippen LogP contribution in [0, 0.1) is 17.0 Å². The van der Waals surface area contributed by atoms with Gasteiger partial charge in [0, 0.05) is 30.4 Å². The molecule has 2 N–H and O–H groups in total. The van der Waals surface area contributed by atoms with Gasteiger partial charge < -0.3 is 10.6 Å². The van der Waals surface area contributed by atoms with E-state index in [1.165, 1.54) is 0 Å². The van der Waals surface area contributed by atoms with E-state index < -0.39 is 0 Å².